The van der Waals surface area contributed by atoms with Gasteiger partial charge in [-0.05, 0) is 23.8 Å². The molecule has 0 radical (unpaired) electrons. The highest BCUT2D eigenvalue weighted by Gasteiger charge is 2.38. The van der Waals surface area contributed by atoms with E-state index >= 15 is 0 Å². The predicted octanol–water partition coefficient (Wildman–Crippen LogP) is 5.03. The van der Waals surface area contributed by atoms with Gasteiger partial charge in [-0.1, -0.05) is 29.8 Å². The molecule has 0 unspecified atom stereocenters. The summed E-state index contributed by atoms with van der Waals surface area (Å²) < 4.78 is 65.6. The standard InChI is InChI=1S/C22H21ClN6.2C2HF3O2/c23-19-6-2-1-4-18(19)16-27-10-12-28(13-11-27)21-22-26-15-20(29(22)9-8-25-21)17-5-3-7-24-14-17;2*3-2(4,5)1(6)7/h1-9,14-15H,10-13,16H2;2*(H,6,7). The molecule has 1 aliphatic heterocycles. The van der Waals surface area contributed by atoms with Gasteiger partial charge in [0.05, 0.1) is 11.9 Å². The molecule has 0 spiro atoms. The average molecular weight is 633 g/mol. The zero-order valence-corrected chi connectivity index (χ0v) is 22.7. The van der Waals surface area contributed by atoms with Crippen LogP contribution in [0.3, 0.4) is 0 Å². The second kappa shape index (κ2) is 14.2. The molecule has 10 nitrogen and oxygen atoms in total. The number of hydrogen-bond donors (Lipinski definition) is 2. The minimum Gasteiger partial charge on any atom is -0.475 e. The van der Waals surface area contributed by atoms with Crippen LogP contribution in [-0.4, -0.2) is 84.9 Å². The number of alkyl halides is 6. The van der Waals surface area contributed by atoms with Gasteiger partial charge in [-0.25, -0.2) is 19.6 Å². The first kappa shape index (κ1) is 33.1. The number of carboxylic acid groups (broad SMARTS) is 2. The lowest BCUT2D eigenvalue weighted by atomic mass is 10.2. The van der Waals surface area contributed by atoms with E-state index in [1.807, 2.05) is 55.1 Å². The van der Waals surface area contributed by atoms with E-state index in [2.05, 4.69) is 35.2 Å². The van der Waals surface area contributed by atoms with E-state index in [1.54, 1.807) is 6.20 Å². The van der Waals surface area contributed by atoms with Crippen molar-refractivity contribution < 1.29 is 46.1 Å². The largest absolute Gasteiger partial charge is 0.490 e. The Labute approximate surface area is 244 Å². The van der Waals surface area contributed by atoms with E-state index in [-0.39, 0.29) is 0 Å². The molecule has 0 bridgehead atoms. The number of piperazine rings is 1. The summed E-state index contributed by atoms with van der Waals surface area (Å²) in [6, 6.07) is 12.1. The number of imidazole rings is 1. The Morgan fingerprint density at radius 1 is 0.837 bits per heavy atom. The summed E-state index contributed by atoms with van der Waals surface area (Å²) in [6.07, 6.45) is -0.828. The molecule has 3 aromatic heterocycles. The topological polar surface area (TPSA) is 124 Å². The highest BCUT2D eigenvalue weighted by atomic mass is 35.5. The molecular formula is C26H23ClF6N6O4. The molecule has 17 heteroatoms. The summed E-state index contributed by atoms with van der Waals surface area (Å²) in [4.78, 5) is 36.1. The van der Waals surface area contributed by atoms with Gasteiger partial charge in [0.25, 0.3) is 0 Å². The number of nitrogens with zero attached hydrogens (tertiary/aromatic N) is 6. The summed E-state index contributed by atoms with van der Waals surface area (Å²) in [7, 11) is 0. The zero-order chi connectivity index (χ0) is 31.8. The molecule has 0 amide bonds. The normalized spacial score (nSPS) is 13.9. The first-order valence-electron chi connectivity index (χ1n) is 12.2. The van der Waals surface area contributed by atoms with Gasteiger partial charge < -0.3 is 15.1 Å². The molecule has 230 valence electrons. The van der Waals surface area contributed by atoms with Gasteiger partial charge in [0, 0.05) is 68.1 Å². The number of carbonyl (C=O) groups is 2. The number of anilines is 1. The molecule has 43 heavy (non-hydrogen) atoms. The Morgan fingerprint density at radius 2 is 1.44 bits per heavy atom. The van der Waals surface area contributed by atoms with Crippen molar-refractivity contribution in [2.45, 2.75) is 18.9 Å². The van der Waals surface area contributed by atoms with Crippen LogP contribution in [0, 0.1) is 0 Å². The lowest BCUT2D eigenvalue weighted by Crippen LogP contribution is -2.46. The quantitative estimate of drug-likeness (QED) is 0.298. The van der Waals surface area contributed by atoms with Crippen molar-refractivity contribution in [3.05, 3.63) is 78.0 Å². The number of benzene rings is 1. The van der Waals surface area contributed by atoms with Crippen LogP contribution in [0.1, 0.15) is 5.56 Å². The molecule has 0 saturated carbocycles. The Hall–Kier alpha value is -4.44. The fraction of sp³-hybridized carbons (Fsp3) is 0.269. The van der Waals surface area contributed by atoms with Crippen LogP contribution < -0.4 is 4.90 Å². The summed E-state index contributed by atoms with van der Waals surface area (Å²) in [5.41, 5.74) is 4.12. The third kappa shape index (κ3) is 9.27. The number of aromatic nitrogens is 4. The molecule has 5 rings (SSSR count). The van der Waals surface area contributed by atoms with Crippen molar-refractivity contribution in [2.75, 3.05) is 31.1 Å². The summed E-state index contributed by atoms with van der Waals surface area (Å²) in [5, 5.41) is 15.1. The number of halogens is 7. The van der Waals surface area contributed by atoms with Crippen molar-refractivity contribution in [1.29, 1.82) is 0 Å². The number of aliphatic carboxylic acids is 2. The predicted molar refractivity (Wildman–Crippen MR) is 143 cm³/mol. The maximum atomic E-state index is 10.6. The molecule has 4 heterocycles. The molecule has 0 aliphatic carbocycles. The Morgan fingerprint density at radius 3 is 1.98 bits per heavy atom. The third-order valence-corrected chi connectivity index (χ3v) is 6.24. The van der Waals surface area contributed by atoms with Gasteiger partial charge in [-0.15, -0.1) is 0 Å². The van der Waals surface area contributed by atoms with Crippen LogP contribution in [0.15, 0.2) is 67.4 Å². The van der Waals surface area contributed by atoms with Crippen LogP contribution >= 0.6 is 11.6 Å². The third-order valence-electron chi connectivity index (χ3n) is 5.88. The van der Waals surface area contributed by atoms with Gasteiger partial charge in [-0.3, -0.25) is 14.3 Å². The fourth-order valence-electron chi connectivity index (χ4n) is 3.84. The number of rotatable bonds is 4. The van der Waals surface area contributed by atoms with E-state index < -0.39 is 24.3 Å². The van der Waals surface area contributed by atoms with E-state index in [1.165, 1.54) is 5.56 Å². The minimum atomic E-state index is -5.08. The second-order valence-corrected chi connectivity index (χ2v) is 9.20. The van der Waals surface area contributed by atoms with Crippen LogP contribution in [-0.2, 0) is 16.1 Å². The van der Waals surface area contributed by atoms with Gasteiger partial charge >= 0.3 is 24.3 Å². The lowest BCUT2D eigenvalue weighted by molar-refractivity contribution is -0.193. The molecular weight excluding hydrogens is 610 g/mol. The summed E-state index contributed by atoms with van der Waals surface area (Å²) in [5.74, 6) is -4.58. The number of pyridine rings is 1. The Kier molecular flexibility index (Phi) is 10.9. The highest BCUT2D eigenvalue weighted by Crippen LogP contribution is 2.26. The van der Waals surface area contributed by atoms with E-state index in [9.17, 15) is 26.3 Å². The fourth-order valence-corrected chi connectivity index (χ4v) is 4.04. The molecule has 0 atom stereocenters. The van der Waals surface area contributed by atoms with Crippen molar-refractivity contribution in [1.82, 2.24) is 24.3 Å². The van der Waals surface area contributed by atoms with Crippen LogP contribution in [0.25, 0.3) is 16.9 Å². The monoisotopic (exact) mass is 632 g/mol. The number of carboxylic acids is 2. The molecule has 1 fully saturated rings. The zero-order valence-electron chi connectivity index (χ0n) is 21.9. The summed E-state index contributed by atoms with van der Waals surface area (Å²) in [6.45, 7) is 4.62. The van der Waals surface area contributed by atoms with Gasteiger partial charge in [0.15, 0.2) is 11.5 Å². The smallest absolute Gasteiger partial charge is 0.475 e. The van der Waals surface area contributed by atoms with E-state index in [4.69, 9.17) is 31.4 Å². The Bertz CT molecular complexity index is 1500. The average Bonchev–Trinajstić information content (AvgIpc) is 3.39. The van der Waals surface area contributed by atoms with Gasteiger partial charge in [-0.2, -0.15) is 26.3 Å². The van der Waals surface area contributed by atoms with Crippen LogP contribution in [0.2, 0.25) is 5.02 Å². The SMILES string of the molecule is Clc1ccccc1CN1CCN(c2nccn3c(-c4cccnc4)cnc23)CC1.O=C(O)C(F)(F)F.O=C(O)C(F)(F)F. The Balaban J connectivity index is 0.000000303. The lowest BCUT2D eigenvalue weighted by Gasteiger charge is -2.35. The molecule has 1 aliphatic rings. The van der Waals surface area contributed by atoms with E-state index in [0.29, 0.717) is 0 Å². The van der Waals surface area contributed by atoms with Crippen molar-refractivity contribution in [3.63, 3.8) is 0 Å². The second-order valence-electron chi connectivity index (χ2n) is 8.79. The maximum absolute atomic E-state index is 10.6. The number of fused-ring (bicyclic) bond motifs is 1. The maximum Gasteiger partial charge on any atom is 0.490 e. The first-order chi connectivity index (χ1) is 20.2. The summed E-state index contributed by atoms with van der Waals surface area (Å²) >= 11 is 6.32. The van der Waals surface area contributed by atoms with Crippen LogP contribution in [0.4, 0.5) is 32.2 Å². The first-order valence-corrected chi connectivity index (χ1v) is 12.6. The van der Waals surface area contributed by atoms with E-state index in [0.717, 1.165) is 60.5 Å². The number of hydrogen-bond acceptors (Lipinski definition) is 7. The molecule has 1 aromatic carbocycles. The molecule has 1 saturated heterocycles. The van der Waals surface area contributed by atoms with Crippen molar-refractivity contribution in [3.8, 4) is 11.3 Å². The van der Waals surface area contributed by atoms with Crippen LogP contribution in [0.5, 0.6) is 0 Å². The van der Waals surface area contributed by atoms with Gasteiger partial charge in [0.2, 0.25) is 0 Å². The van der Waals surface area contributed by atoms with Crippen molar-refractivity contribution in [2.24, 2.45) is 0 Å². The molecule has 4 aromatic rings. The minimum absolute atomic E-state index is 0.835. The van der Waals surface area contributed by atoms with Crippen molar-refractivity contribution >= 4 is 35.0 Å². The van der Waals surface area contributed by atoms with Gasteiger partial charge in [0.1, 0.15) is 0 Å². The molecule has 2 N–H and O–H groups in total. The highest BCUT2D eigenvalue weighted by molar-refractivity contribution is 6.31.